The van der Waals surface area contributed by atoms with Crippen LogP contribution in [0.15, 0.2) is 35.6 Å². The van der Waals surface area contributed by atoms with Crippen molar-refractivity contribution in [3.8, 4) is 11.1 Å². The summed E-state index contributed by atoms with van der Waals surface area (Å²) in [5.41, 5.74) is -0.0991. The van der Waals surface area contributed by atoms with E-state index in [1.54, 1.807) is 31.0 Å². The van der Waals surface area contributed by atoms with Gasteiger partial charge in [-0.3, -0.25) is 4.98 Å². The lowest BCUT2D eigenvalue weighted by Crippen LogP contribution is -2.41. The molecule has 1 aromatic carbocycles. The number of aromatic nitrogens is 1. The maximum Gasteiger partial charge on any atom is 0.209 e. The van der Waals surface area contributed by atoms with Crippen molar-refractivity contribution in [2.45, 2.75) is 38.1 Å². The summed E-state index contributed by atoms with van der Waals surface area (Å²) in [4.78, 5) is 11.7. The molecule has 0 amide bonds. The maximum absolute atomic E-state index is 14.6. The third-order valence-corrected chi connectivity index (χ3v) is 6.32. The molecule has 32 heavy (non-hydrogen) atoms. The number of benzene rings is 1. The van der Waals surface area contributed by atoms with Crippen LogP contribution in [-0.2, 0) is 20.5 Å². The molecule has 1 N–H and O–H groups in total. The first-order valence-corrected chi connectivity index (χ1v) is 11.9. The lowest BCUT2D eigenvalue weighted by atomic mass is 9.89. The molecule has 4 rings (SSSR count). The highest BCUT2D eigenvalue weighted by Crippen LogP contribution is 2.41. The van der Waals surface area contributed by atoms with Crippen LogP contribution in [-0.4, -0.2) is 55.7 Å². The second kappa shape index (κ2) is 8.04. The zero-order valence-electron chi connectivity index (χ0n) is 17.8. The van der Waals surface area contributed by atoms with Crippen LogP contribution in [0, 0.1) is 18.6 Å². The quantitative estimate of drug-likeness (QED) is 0.746. The van der Waals surface area contributed by atoms with Crippen LogP contribution in [0.4, 0.5) is 13.2 Å². The third kappa shape index (κ3) is 4.31. The molecule has 1 unspecified atom stereocenters. The summed E-state index contributed by atoms with van der Waals surface area (Å²) in [6.07, 6.45) is 1.30. The van der Waals surface area contributed by atoms with Crippen molar-refractivity contribution in [2.75, 3.05) is 19.3 Å². The molecule has 172 valence electrons. The van der Waals surface area contributed by atoms with Crippen LogP contribution in [0.1, 0.15) is 24.6 Å². The number of aryl methyl sites for hydroxylation is 1. The predicted molar refractivity (Wildman–Crippen MR) is 113 cm³/mol. The van der Waals surface area contributed by atoms with Gasteiger partial charge in [0, 0.05) is 18.3 Å². The Hall–Kier alpha value is -2.66. The SMILES string of the molecule is Cc1cnc(C2(C)CC(N3C[C@H](F)[C@H](NS(C)(=O)=O)C3)=NO2)c(-c2c(F)cccc2F)c1. The monoisotopic (exact) mass is 468 g/mol. The van der Waals surface area contributed by atoms with Crippen molar-refractivity contribution >= 4 is 15.9 Å². The van der Waals surface area contributed by atoms with Gasteiger partial charge in [-0.15, -0.1) is 0 Å². The molecule has 2 aromatic rings. The van der Waals surface area contributed by atoms with Crippen molar-refractivity contribution in [1.29, 1.82) is 0 Å². The van der Waals surface area contributed by atoms with Crippen LogP contribution in [0.25, 0.3) is 11.1 Å². The maximum atomic E-state index is 14.6. The number of hydrogen-bond donors (Lipinski definition) is 1. The van der Waals surface area contributed by atoms with E-state index in [2.05, 4.69) is 14.9 Å². The van der Waals surface area contributed by atoms with Gasteiger partial charge in [-0.2, -0.15) is 0 Å². The van der Waals surface area contributed by atoms with Gasteiger partial charge in [-0.05, 0) is 37.6 Å². The molecule has 0 spiro atoms. The van der Waals surface area contributed by atoms with Gasteiger partial charge < -0.3 is 9.74 Å². The molecule has 3 heterocycles. The summed E-state index contributed by atoms with van der Waals surface area (Å²) < 4.78 is 68.8. The Bertz CT molecular complexity index is 1170. The minimum absolute atomic E-state index is 0.0540. The summed E-state index contributed by atoms with van der Waals surface area (Å²) in [6, 6.07) is 4.36. The van der Waals surface area contributed by atoms with Crippen molar-refractivity contribution < 1.29 is 26.4 Å². The lowest BCUT2D eigenvalue weighted by Gasteiger charge is -2.25. The zero-order valence-corrected chi connectivity index (χ0v) is 18.6. The molecule has 2 aliphatic heterocycles. The van der Waals surface area contributed by atoms with E-state index in [0.29, 0.717) is 17.1 Å². The van der Waals surface area contributed by atoms with Gasteiger partial charge >= 0.3 is 0 Å². The van der Waals surface area contributed by atoms with E-state index in [-0.39, 0.29) is 30.6 Å². The Labute approximate surface area is 184 Å². The van der Waals surface area contributed by atoms with Gasteiger partial charge in [0.25, 0.3) is 0 Å². The second-order valence-corrected chi connectivity index (χ2v) is 10.2. The van der Waals surface area contributed by atoms with Gasteiger partial charge in [0.2, 0.25) is 10.0 Å². The predicted octanol–water partition coefficient (Wildman–Crippen LogP) is 2.86. The molecule has 11 heteroatoms. The minimum atomic E-state index is -3.57. The van der Waals surface area contributed by atoms with Gasteiger partial charge in [-0.25, -0.2) is 26.3 Å². The normalized spacial score (nSPS) is 25.7. The number of rotatable bonds is 4. The first-order chi connectivity index (χ1) is 15.0. The third-order valence-electron chi connectivity index (χ3n) is 5.58. The Balaban J connectivity index is 1.62. The molecule has 2 aliphatic rings. The van der Waals surface area contributed by atoms with Gasteiger partial charge in [0.15, 0.2) is 5.60 Å². The molecule has 7 nitrogen and oxygen atoms in total. The molecule has 0 aliphatic carbocycles. The number of halogens is 3. The Morgan fingerprint density at radius 2 is 1.94 bits per heavy atom. The highest BCUT2D eigenvalue weighted by Gasteiger charge is 2.45. The van der Waals surface area contributed by atoms with E-state index in [4.69, 9.17) is 4.84 Å². The standard InChI is InChI=1S/C21H23F3N4O3S/c1-12-7-13(19-14(22)5-4-6-15(19)23)20(25-9-12)21(2)8-18(26-31-21)28-10-16(24)17(11-28)27-32(3,29)30/h4-7,9,16-17,27H,8,10-11H2,1-3H3/t16-,17+,21?/m0/s1. The summed E-state index contributed by atoms with van der Waals surface area (Å²) in [6.45, 7) is 3.49. The Kier molecular flexibility index (Phi) is 5.66. The number of alkyl halides is 1. The summed E-state index contributed by atoms with van der Waals surface area (Å²) in [7, 11) is -3.57. The number of pyridine rings is 1. The largest absolute Gasteiger partial charge is 0.381 e. The zero-order chi connectivity index (χ0) is 23.3. The molecule has 1 fully saturated rings. The first-order valence-electron chi connectivity index (χ1n) is 10.00. The van der Waals surface area contributed by atoms with E-state index < -0.39 is 39.5 Å². The molecular weight excluding hydrogens is 445 g/mol. The fraction of sp³-hybridized carbons (Fsp3) is 0.429. The smallest absolute Gasteiger partial charge is 0.209 e. The molecule has 1 aromatic heterocycles. The van der Waals surface area contributed by atoms with E-state index in [1.165, 1.54) is 18.2 Å². The fourth-order valence-electron chi connectivity index (χ4n) is 4.11. The topological polar surface area (TPSA) is 83.9 Å². The van der Waals surface area contributed by atoms with E-state index in [1.807, 2.05) is 0 Å². The summed E-state index contributed by atoms with van der Waals surface area (Å²) in [5, 5.41) is 4.09. The molecule has 1 saturated heterocycles. The molecule has 3 atom stereocenters. The van der Waals surface area contributed by atoms with Gasteiger partial charge in [-0.1, -0.05) is 11.2 Å². The van der Waals surface area contributed by atoms with Gasteiger partial charge in [0.05, 0.1) is 36.5 Å². The van der Waals surface area contributed by atoms with Crippen molar-refractivity contribution in [2.24, 2.45) is 5.16 Å². The molecule has 0 saturated carbocycles. The first kappa shape index (κ1) is 22.5. The minimum Gasteiger partial charge on any atom is -0.381 e. The van der Waals surface area contributed by atoms with E-state index in [9.17, 15) is 21.6 Å². The highest BCUT2D eigenvalue weighted by molar-refractivity contribution is 7.88. The molecular formula is C21H23F3N4O3S. The number of oxime groups is 1. The average Bonchev–Trinajstić information content (AvgIpc) is 3.24. The van der Waals surface area contributed by atoms with Crippen LogP contribution in [0.2, 0.25) is 0 Å². The number of nitrogens with zero attached hydrogens (tertiary/aromatic N) is 3. The Morgan fingerprint density at radius 1 is 1.25 bits per heavy atom. The number of amidine groups is 1. The van der Waals surface area contributed by atoms with Gasteiger partial charge in [0.1, 0.15) is 23.6 Å². The molecule has 0 bridgehead atoms. The van der Waals surface area contributed by atoms with Crippen LogP contribution in [0.5, 0.6) is 0 Å². The van der Waals surface area contributed by atoms with E-state index in [0.717, 1.165) is 6.26 Å². The average molecular weight is 469 g/mol. The van der Waals surface area contributed by atoms with Crippen LogP contribution >= 0.6 is 0 Å². The summed E-state index contributed by atoms with van der Waals surface area (Å²) >= 11 is 0. The number of nitrogens with one attached hydrogen (secondary N) is 1. The van der Waals surface area contributed by atoms with Crippen molar-refractivity contribution in [3.63, 3.8) is 0 Å². The second-order valence-electron chi connectivity index (χ2n) is 8.43. The lowest BCUT2D eigenvalue weighted by molar-refractivity contribution is -0.0103. The highest BCUT2D eigenvalue weighted by atomic mass is 32.2. The summed E-state index contributed by atoms with van der Waals surface area (Å²) in [5.74, 6) is -1.04. The van der Waals surface area contributed by atoms with Crippen LogP contribution in [0.3, 0.4) is 0 Å². The Morgan fingerprint density at radius 3 is 2.59 bits per heavy atom. The van der Waals surface area contributed by atoms with E-state index >= 15 is 0 Å². The number of sulfonamides is 1. The van der Waals surface area contributed by atoms with Crippen LogP contribution < -0.4 is 4.72 Å². The van der Waals surface area contributed by atoms with Crippen molar-refractivity contribution in [3.05, 3.63) is 53.4 Å². The number of likely N-dealkylation sites (tertiary alicyclic amines) is 1. The fourth-order valence-corrected chi connectivity index (χ4v) is 4.89. The number of hydrogen-bond acceptors (Lipinski definition) is 6. The van der Waals surface area contributed by atoms with Crippen molar-refractivity contribution in [1.82, 2.24) is 14.6 Å². The molecule has 0 radical (unpaired) electrons.